The van der Waals surface area contributed by atoms with Crippen LogP contribution in [0, 0.1) is 6.92 Å². The molecule has 178 valence electrons. The van der Waals surface area contributed by atoms with E-state index in [1.54, 1.807) is 6.08 Å². The number of nitrogens with zero attached hydrogens (tertiary/aromatic N) is 1. The maximum Gasteiger partial charge on any atom is 0.274 e. The summed E-state index contributed by atoms with van der Waals surface area (Å²) in [5, 5.41) is 11.3. The van der Waals surface area contributed by atoms with E-state index in [0.29, 0.717) is 5.56 Å². The standard InChI is InChI=1S/C25H21N3O6S/c1-16-2-4-17(5-3-16)8-13-23(29)26-20-11-12-21-22(14-20)35(33,34)28(25(21)31)15-18-6-9-19(10-7-18)24(30)27-32/h2-14,32H,15H2,1H3,(H,26,29)(H,27,30)/b13-8+. The van der Waals surface area contributed by atoms with Crippen LogP contribution in [0.1, 0.15) is 37.4 Å². The Labute approximate surface area is 201 Å². The van der Waals surface area contributed by atoms with Crippen molar-refractivity contribution in [3.63, 3.8) is 0 Å². The Hall–Kier alpha value is -4.28. The number of hydroxylamine groups is 1. The molecule has 0 fully saturated rings. The van der Waals surface area contributed by atoms with Crippen LogP contribution < -0.4 is 10.8 Å². The van der Waals surface area contributed by atoms with E-state index in [1.165, 1.54) is 54.0 Å². The molecule has 0 radical (unpaired) electrons. The van der Waals surface area contributed by atoms with Crippen LogP contribution in [0.3, 0.4) is 0 Å². The highest BCUT2D eigenvalue weighted by Gasteiger charge is 2.41. The topological polar surface area (TPSA) is 133 Å². The van der Waals surface area contributed by atoms with Gasteiger partial charge in [0.25, 0.3) is 21.8 Å². The van der Waals surface area contributed by atoms with Crippen LogP contribution in [0.4, 0.5) is 5.69 Å². The van der Waals surface area contributed by atoms with Gasteiger partial charge in [0.2, 0.25) is 5.91 Å². The van der Waals surface area contributed by atoms with E-state index < -0.39 is 27.7 Å². The SMILES string of the molecule is Cc1ccc(/C=C/C(=O)Nc2ccc3c(c2)S(=O)(=O)N(Cc2ccc(C(=O)NO)cc2)C3=O)cc1. The Kier molecular flexibility index (Phi) is 6.50. The van der Waals surface area contributed by atoms with Gasteiger partial charge in [-0.3, -0.25) is 19.6 Å². The lowest BCUT2D eigenvalue weighted by molar-refractivity contribution is -0.111. The highest BCUT2D eigenvalue weighted by molar-refractivity contribution is 7.90. The van der Waals surface area contributed by atoms with Crippen molar-refractivity contribution in [1.29, 1.82) is 0 Å². The minimum atomic E-state index is -4.15. The molecule has 9 nitrogen and oxygen atoms in total. The second kappa shape index (κ2) is 9.53. The first-order valence-corrected chi connectivity index (χ1v) is 11.9. The quantitative estimate of drug-likeness (QED) is 0.276. The van der Waals surface area contributed by atoms with Gasteiger partial charge in [-0.2, -0.15) is 0 Å². The highest BCUT2D eigenvalue weighted by atomic mass is 32.2. The maximum absolute atomic E-state index is 13.1. The zero-order valence-corrected chi connectivity index (χ0v) is 19.4. The number of hydrogen-bond donors (Lipinski definition) is 3. The zero-order chi connectivity index (χ0) is 25.2. The molecule has 1 aliphatic heterocycles. The number of benzene rings is 3. The number of carbonyl (C=O) groups excluding carboxylic acids is 3. The fourth-order valence-electron chi connectivity index (χ4n) is 3.53. The molecular weight excluding hydrogens is 470 g/mol. The largest absolute Gasteiger partial charge is 0.322 e. The van der Waals surface area contributed by atoms with Gasteiger partial charge < -0.3 is 5.32 Å². The van der Waals surface area contributed by atoms with E-state index in [4.69, 9.17) is 5.21 Å². The molecule has 4 rings (SSSR count). The summed E-state index contributed by atoms with van der Waals surface area (Å²) in [6, 6.07) is 17.5. The Morgan fingerprint density at radius 1 is 1.00 bits per heavy atom. The molecule has 3 amide bonds. The van der Waals surface area contributed by atoms with Gasteiger partial charge in [0.1, 0.15) is 4.90 Å². The third-order valence-electron chi connectivity index (χ3n) is 5.42. The summed E-state index contributed by atoms with van der Waals surface area (Å²) in [5.74, 6) is -1.84. The van der Waals surface area contributed by atoms with Gasteiger partial charge in [-0.25, -0.2) is 18.2 Å². The van der Waals surface area contributed by atoms with Crippen molar-refractivity contribution < 1.29 is 28.0 Å². The van der Waals surface area contributed by atoms with Crippen molar-refractivity contribution in [2.75, 3.05) is 5.32 Å². The second-order valence-electron chi connectivity index (χ2n) is 7.90. The van der Waals surface area contributed by atoms with Crippen LogP contribution >= 0.6 is 0 Å². The molecule has 0 atom stereocenters. The van der Waals surface area contributed by atoms with Crippen LogP contribution in [0.2, 0.25) is 0 Å². The minimum absolute atomic E-state index is 0.00877. The van der Waals surface area contributed by atoms with Crippen molar-refractivity contribution >= 4 is 39.5 Å². The van der Waals surface area contributed by atoms with Crippen molar-refractivity contribution in [2.45, 2.75) is 18.4 Å². The molecule has 1 heterocycles. The lowest BCUT2D eigenvalue weighted by atomic mass is 10.1. The number of nitrogens with one attached hydrogen (secondary N) is 2. The van der Waals surface area contributed by atoms with E-state index >= 15 is 0 Å². The van der Waals surface area contributed by atoms with Crippen molar-refractivity contribution in [2.24, 2.45) is 0 Å². The molecule has 3 aromatic rings. The molecule has 0 saturated carbocycles. The summed E-state index contributed by atoms with van der Waals surface area (Å²) < 4.78 is 26.9. The van der Waals surface area contributed by atoms with Crippen molar-refractivity contribution in [3.05, 3.63) is 101 Å². The number of fused-ring (bicyclic) bond motifs is 1. The normalized spacial score (nSPS) is 14.1. The predicted octanol–water partition coefficient (Wildman–Crippen LogP) is 3.11. The average molecular weight is 492 g/mol. The molecule has 10 heteroatoms. The minimum Gasteiger partial charge on any atom is -0.322 e. The third-order valence-corrected chi connectivity index (χ3v) is 7.19. The molecule has 0 saturated heterocycles. The fraction of sp³-hybridized carbons (Fsp3) is 0.0800. The van der Waals surface area contributed by atoms with E-state index in [9.17, 15) is 22.8 Å². The number of hydrogen-bond acceptors (Lipinski definition) is 6. The van der Waals surface area contributed by atoms with Gasteiger partial charge in [-0.1, -0.05) is 42.0 Å². The number of carbonyl (C=O) groups is 3. The first-order valence-electron chi connectivity index (χ1n) is 10.5. The van der Waals surface area contributed by atoms with Crippen LogP contribution in [-0.2, 0) is 21.4 Å². The summed E-state index contributed by atoms with van der Waals surface area (Å²) in [5.41, 5.74) is 4.34. The molecule has 0 unspecified atom stereocenters. The second-order valence-corrected chi connectivity index (χ2v) is 9.73. The monoisotopic (exact) mass is 491 g/mol. The van der Waals surface area contributed by atoms with Gasteiger partial charge in [-0.15, -0.1) is 0 Å². The molecule has 0 spiro atoms. The van der Waals surface area contributed by atoms with E-state index in [-0.39, 0.29) is 28.3 Å². The molecule has 1 aliphatic rings. The Morgan fingerprint density at radius 2 is 1.69 bits per heavy atom. The smallest absolute Gasteiger partial charge is 0.274 e. The van der Waals surface area contributed by atoms with E-state index in [2.05, 4.69) is 5.32 Å². The van der Waals surface area contributed by atoms with Gasteiger partial charge >= 0.3 is 0 Å². The Balaban J connectivity index is 1.50. The summed E-state index contributed by atoms with van der Waals surface area (Å²) in [7, 11) is -4.15. The predicted molar refractivity (Wildman–Crippen MR) is 128 cm³/mol. The maximum atomic E-state index is 13.1. The first kappa shape index (κ1) is 23.9. The number of anilines is 1. The lowest BCUT2D eigenvalue weighted by Gasteiger charge is -2.15. The third kappa shape index (κ3) is 4.98. The van der Waals surface area contributed by atoms with Crippen LogP contribution in [0.5, 0.6) is 0 Å². The van der Waals surface area contributed by atoms with Crippen LogP contribution in [-0.4, -0.2) is 35.7 Å². The van der Waals surface area contributed by atoms with Crippen molar-refractivity contribution in [3.8, 4) is 0 Å². The molecule has 0 aromatic heterocycles. The molecule has 3 aromatic carbocycles. The Morgan fingerprint density at radius 3 is 2.34 bits per heavy atom. The van der Waals surface area contributed by atoms with Gasteiger partial charge in [0, 0.05) is 17.3 Å². The van der Waals surface area contributed by atoms with Crippen molar-refractivity contribution in [1.82, 2.24) is 9.79 Å². The van der Waals surface area contributed by atoms with Gasteiger partial charge in [0.05, 0.1) is 12.1 Å². The average Bonchev–Trinajstić information content (AvgIpc) is 3.04. The summed E-state index contributed by atoms with van der Waals surface area (Å²) >= 11 is 0. The van der Waals surface area contributed by atoms with E-state index in [0.717, 1.165) is 15.4 Å². The number of aryl methyl sites for hydroxylation is 1. The first-order chi connectivity index (χ1) is 16.7. The lowest BCUT2D eigenvalue weighted by Crippen LogP contribution is -2.29. The molecular formula is C25H21N3O6S. The fourth-order valence-corrected chi connectivity index (χ4v) is 5.12. The highest BCUT2D eigenvalue weighted by Crippen LogP contribution is 2.33. The molecule has 0 aliphatic carbocycles. The van der Waals surface area contributed by atoms with Crippen LogP contribution in [0.15, 0.2) is 77.7 Å². The summed E-state index contributed by atoms with van der Waals surface area (Å²) in [6.07, 6.45) is 2.98. The Bertz CT molecular complexity index is 1450. The molecule has 3 N–H and O–H groups in total. The zero-order valence-electron chi connectivity index (χ0n) is 18.6. The summed E-state index contributed by atoms with van der Waals surface area (Å²) in [6.45, 7) is 1.72. The van der Waals surface area contributed by atoms with Crippen LogP contribution in [0.25, 0.3) is 6.08 Å². The molecule has 0 bridgehead atoms. The number of sulfonamides is 1. The van der Waals surface area contributed by atoms with Gasteiger partial charge in [0.15, 0.2) is 0 Å². The molecule has 35 heavy (non-hydrogen) atoms. The number of amides is 3. The number of rotatable bonds is 6. The van der Waals surface area contributed by atoms with Gasteiger partial charge in [-0.05, 0) is 54.5 Å². The van der Waals surface area contributed by atoms with E-state index in [1.807, 2.05) is 31.2 Å². The summed E-state index contributed by atoms with van der Waals surface area (Å²) in [4.78, 5) is 36.4.